The molecular weight excluding hydrogens is 122 g/mol. The first-order valence-electron chi connectivity index (χ1n) is 2.50. The maximum atomic E-state index is 9.98. The van der Waals surface area contributed by atoms with Crippen LogP contribution in [0.25, 0.3) is 0 Å². The number of carbonyl (C=O) groups is 1. The molecule has 3 heteroatoms. The Morgan fingerprint density at radius 3 is 2.75 bits per heavy atom. The molecule has 0 fully saturated rings. The van der Waals surface area contributed by atoms with E-state index in [0.717, 1.165) is 12.2 Å². The monoisotopic (exact) mass is 132 g/mol. The fourth-order valence-electron chi connectivity index (χ4n) is 0.377. The van der Waals surface area contributed by atoms with Crippen molar-refractivity contribution in [3.05, 3.63) is 0 Å². The van der Waals surface area contributed by atoms with Gasteiger partial charge in [0.2, 0.25) is 5.91 Å². The highest BCUT2D eigenvalue weighted by Gasteiger charge is 1.91. The third kappa shape index (κ3) is 5.82. The van der Waals surface area contributed by atoms with Gasteiger partial charge < -0.3 is 0 Å². The number of carbonyl (C=O) groups excluding carboxylic acids is 1. The van der Waals surface area contributed by atoms with Crippen LogP contribution in [0.15, 0.2) is 0 Å². The Labute approximate surface area is 53.8 Å². The molecule has 0 aromatic heterocycles. The van der Waals surface area contributed by atoms with Crippen LogP contribution in [0.1, 0.15) is 12.8 Å². The smallest absolute Gasteiger partial charge is 0.238 e. The zero-order valence-electron chi connectivity index (χ0n) is 4.94. The van der Waals surface area contributed by atoms with Gasteiger partial charge in [0.05, 0.1) is 0 Å². The molecule has 47 valence electrons. The van der Waals surface area contributed by atoms with Gasteiger partial charge in [0.15, 0.2) is 0 Å². The van der Waals surface area contributed by atoms with Crippen LogP contribution in [0.2, 0.25) is 0 Å². The normalized spacial score (nSPS) is 9.12. The second-order valence-corrected chi connectivity index (χ2v) is 2.51. The molecule has 0 atom stereocenters. The maximum Gasteiger partial charge on any atom is 0.238 e. The number of nitrogens with one attached hydrogen (secondary N) is 1. The quantitative estimate of drug-likeness (QED) is 0.534. The van der Waals surface area contributed by atoms with E-state index in [0.29, 0.717) is 6.42 Å². The van der Waals surface area contributed by atoms with E-state index in [-0.39, 0.29) is 0 Å². The molecule has 1 N–H and O–H groups in total. The third-order valence-corrected chi connectivity index (χ3v) is 1.45. The highest BCUT2D eigenvalue weighted by atomic mass is 32.2. The molecule has 0 spiro atoms. The zero-order valence-corrected chi connectivity index (χ0v) is 5.75. The average molecular weight is 132 g/mol. The molecule has 0 bridgehead atoms. The Morgan fingerprint density at radius 2 is 2.38 bits per heavy atom. The highest BCUT2D eigenvalue weighted by Crippen LogP contribution is 1.97. The second kappa shape index (κ2) is 4.97. The predicted molar refractivity (Wildman–Crippen MR) is 35.7 cm³/mol. The van der Waals surface area contributed by atoms with Crippen molar-refractivity contribution in [1.29, 1.82) is 0 Å². The van der Waals surface area contributed by atoms with Gasteiger partial charge >= 0.3 is 0 Å². The molecule has 0 aromatic rings. The number of thioether (sulfide) groups is 1. The molecule has 0 aliphatic rings. The van der Waals surface area contributed by atoms with E-state index in [1.807, 2.05) is 6.26 Å². The van der Waals surface area contributed by atoms with E-state index in [1.165, 1.54) is 0 Å². The number of amides is 1. The van der Waals surface area contributed by atoms with Gasteiger partial charge in [0, 0.05) is 6.42 Å². The number of hydrogen-bond donors (Lipinski definition) is 0. The highest BCUT2D eigenvalue weighted by molar-refractivity contribution is 7.98. The molecule has 0 heterocycles. The first-order valence-corrected chi connectivity index (χ1v) is 3.90. The van der Waals surface area contributed by atoms with Gasteiger partial charge in [-0.05, 0) is 18.4 Å². The fourth-order valence-corrected chi connectivity index (χ4v) is 0.810. The Kier molecular flexibility index (Phi) is 4.85. The lowest BCUT2D eigenvalue weighted by Crippen LogP contribution is -1.96. The van der Waals surface area contributed by atoms with Gasteiger partial charge in [-0.1, -0.05) is 0 Å². The van der Waals surface area contributed by atoms with Crippen LogP contribution in [0, 0.1) is 0 Å². The average Bonchev–Trinajstić information content (AvgIpc) is 1.66. The molecule has 0 aliphatic heterocycles. The number of rotatable bonds is 4. The first-order chi connectivity index (χ1) is 3.77. The van der Waals surface area contributed by atoms with Gasteiger partial charge in [0.1, 0.15) is 0 Å². The van der Waals surface area contributed by atoms with Crippen molar-refractivity contribution in [3.8, 4) is 0 Å². The molecule has 0 rings (SSSR count). The van der Waals surface area contributed by atoms with Gasteiger partial charge in [-0.2, -0.15) is 11.8 Å². The number of hydrogen-bond acceptors (Lipinski definition) is 2. The van der Waals surface area contributed by atoms with E-state index in [2.05, 4.69) is 0 Å². The van der Waals surface area contributed by atoms with E-state index >= 15 is 0 Å². The van der Waals surface area contributed by atoms with Crippen LogP contribution in [0.5, 0.6) is 0 Å². The van der Waals surface area contributed by atoms with Crippen molar-refractivity contribution in [2.24, 2.45) is 0 Å². The van der Waals surface area contributed by atoms with Crippen molar-refractivity contribution < 1.29 is 4.79 Å². The summed E-state index contributed by atoms with van der Waals surface area (Å²) >= 11 is 1.71. The third-order valence-electron chi connectivity index (χ3n) is 0.752. The minimum absolute atomic E-state index is 0.418. The van der Waals surface area contributed by atoms with Gasteiger partial charge in [0.25, 0.3) is 0 Å². The van der Waals surface area contributed by atoms with Crippen molar-refractivity contribution >= 4 is 17.7 Å². The van der Waals surface area contributed by atoms with Crippen molar-refractivity contribution in [3.63, 3.8) is 0 Å². The molecule has 0 aromatic carbocycles. The molecule has 1 radical (unpaired) electrons. The van der Waals surface area contributed by atoms with Crippen LogP contribution in [0.3, 0.4) is 0 Å². The molecule has 0 aliphatic carbocycles. The summed E-state index contributed by atoms with van der Waals surface area (Å²) in [6.45, 7) is 0. The lowest BCUT2D eigenvalue weighted by molar-refractivity contribution is -0.118. The van der Waals surface area contributed by atoms with E-state index in [4.69, 9.17) is 5.73 Å². The van der Waals surface area contributed by atoms with Crippen LogP contribution in [0.4, 0.5) is 0 Å². The van der Waals surface area contributed by atoms with Crippen molar-refractivity contribution in [1.82, 2.24) is 5.73 Å². The van der Waals surface area contributed by atoms with E-state index in [9.17, 15) is 4.79 Å². The van der Waals surface area contributed by atoms with Gasteiger partial charge in [-0.25, -0.2) is 0 Å². The Balaban J connectivity index is 2.82. The standard InChI is InChI=1S/C5H10NOS/c1-8-4-2-3-5(6)7/h6H,2-4H2,1H3. The SMILES string of the molecule is CSCCCC([NH])=O. The van der Waals surface area contributed by atoms with Gasteiger partial charge in [-0.3, -0.25) is 10.5 Å². The Morgan fingerprint density at radius 1 is 1.75 bits per heavy atom. The topological polar surface area (TPSA) is 40.9 Å². The minimum Gasteiger partial charge on any atom is -0.273 e. The van der Waals surface area contributed by atoms with E-state index in [1.54, 1.807) is 11.8 Å². The first kappa shape index (κ1) is 7.82. The maximum absolute atomic E-state index is 9.98. The zero-order chi connectivity index (χ0) is 6.41. The lowest BCUT2D eigenvalue weighted by Gasteiger charge is -1.89. The fraction of sp³-hybridized carbons (Fsp3) is 0.800. The van der Waals surface area contributed by atoms with Crippen LogP contribution >= 0.6 is 11.8 Å². The summed E-state index contributed by atoms with van der Waals surface area (Å²) in [5, 5.41) is 0. The van der Waals surface area contributed by atoms with Crippen LogP contribution < -0.4 is 5.73 Å². The van der Waals surface area contributed by atoms with Crippen molar-refractivity contribution in [2.45, 2.75) is 12.8 Å². The van der Waals surface area contributed by atoms with Crippen LogP contribution in [-0.4, -0.2) is 17.9 Å². The predicted octanol–water partition coefficient (Wildman–Crippen LogP) is 0.939. The molecule has 1 amide bonds. The largest absolute Gasteiger partial charge is 0.273 e. The van der Waals surface area contributed by atoms with E-state index < -0.39 is 5.91 Å². The summed E-state index contributed by atoms with van der Waals surface area (Å²) in [4.78, 5) is 9.98. The van der Waals surface area contributed by atoms with Gasteiger partial charge in [-0.15, -0.1) is 0 Å². The summed E-state index contributed by atoms with van der Waals surface area (Å²) < 4.78 is 0. The Bertz CT molecular complexity index is 74.8. The Hall–Kier alpha value is -0.180. The summed E-state index contributed by atoms with van der Waals surface area (Å²) in [7, 11) is 0. The molecule has 0 unspecified atom stereocenters. The minimum atomic E-state index is -0.445. The van der Waals surface area contributed by atoms with Crippen LogP contribution in [-0.2, 0) is 4.79 Å². The molecule has 8 heavy (non-hydrogen) atoms. The molecule has 0 saturated carbocycles. The second-order valence-electron chi connectivity index (χ2n) is 1.52. The summed E-state index contributed by atoms with van der Waals surface area (Å²) in [6.07, 6.45) is 3.26. The molecule has 2 nitrogen and oxygen atoms in total. The summed E-state index contributed by atoms with van der Waals surface area (Å²) in [6, 6.07) is 0. The van der Waals surface area contributed by atoms with Crippen molar-refractivity contribution in [2.75, 3.05) is 12.0 Å². The summed E-state index contributed by atoms with van der Waals surface area (Å²) in [5.74, 6) is 0.545. The molecule has 0 saturated heterocycles. The molecular formula is C5H10NOS. The summed E-state index contributed by atoms with van der Waals surface area (Å²) in [5.41, 5.74) is 6.51. The lowest BCUT2D eigenvalue weighted by atomic mass is 10.3.